The molecule has 1 amide bonds. The molecule has 0 unspecified atom stereocenters. The normalized spacial score (nSPS) is 11.9. The minimum absolute atomic E-state index is 0.00236. The van der Waals surface area contributed by atoms with Gasteiger partial charge in [-0.1, -0.05) is 271 Å². The SMILES string of the molecule is CCCCCCCCCCCCCCCCCCCCC(CCCCC)(CCCCCCCCCCCCCCCCCCCC)C(N)=O. The van der Waals surface area contributed by atoms with Crippen LogP contribution in [0.5, 0.6) is 0 Å². The van der Waals surface area contributed by atoms with Gasteiger partial charge in [-0.2, -0.15) is 0 Å². The fraction of sp³-hybridized carbons (Fsp3) is 0.979. The zero-order valence-electron chi connectivity index (χ0n) is 34.7. The second-order valence-electron chi connectivity index (χ2n) is 16.6. The Labute approximate surface area is 311 Å². The van der Waals surface area contributed by atoms with Gasteiger partial charge in [0.2, 0.25) is 5.91 Å². The summed E-state index contributed by atoms with van der Waals surface area (Å²) in [6, 6.07) is 0. The lowest BCUT2D eigenvalue weighted by Gasteiger charge is -2.31. The number of amides is 1. The zero-order chi connectivity index (χ0) is 35.8. The molecule has 0 heterocycles. The lowest BCUT2D eigenvalue weighted by atomic mass is 9.73. The number of carbonyl (C=O) groups is 1. The topological polar surface area (TPSA) is 43.1 Å². The first-order valence-electron chi connectivity index (χ1n) is 23.4. The Hall–Kier alpha value is -0.530. The van der Waals surface area contributed by atoms with E-state index in [0.29, 0.717) is 0 Å². The highest BCUT2D eigenvalue weighted by Gasteiger charge is 2.34. The van der Waals surface area contributed by atoms with Crippen molar-refractivity contribution in [3.05, 3.63) is 0 Å². The van der Waals surface area contributed by atoms with Crippen LogP contribution in [0.1, 0.15) is 290 Å². The molecule has 0 atom stereocenters. The maximum absolute atomic E-state index is 12.9. The average molecular weight is 690 g/mol. The summed E-state index contributed by atoms with van der Waals surface area (Å²) in [4.78, 5) is 12.9. The quantitative estimate of drug-likeness (QED) is 0.0636. The smallest absolute Gasteiger partial charge is 0.223 e. The van der Waals surface area contributed by atoms with E-state index in [1.165, 1.54) is 244 Å². The van der Waals surface area contributed by atoms with Crippen molar-refractivity contribution in [2.45, 2.75) is 290 Å². The predicted octanol–water partition coefficient (Wildman–Crippen LogP) is 16.9. The van der Waals surface area contributed by atoms with Crippen LogP contribution >= 0.6 is 0 Å². The number of primary amides is 1. The van der Waals surface area contributed by atoms with Crippen LogP contribution in [0.4, 0.5) is 0 Å². The summed E-state index contributed by atoms with van der Waals surface area (Å²) in [7, 11) is 0. The first-order chi connectivity index (χ1) is 24.1. The minimum Gasteiger partial charge on any atom is -0.369 e. The largest absolute Gasteiger partial charge is 0.369 e. The van der Waals surface area contributed by atoms with Gasteiger partial charge in [-0.25, -0.2) is 0 Å². The van der Waals surface area contributed by atoms with E-state index in [9.17, 15) is 4.79 Å². The Morgan fingerprint density at radius 1 is 0.286 bits per heavy atom. The number of unbranched alkanes of at least 4 members (excludes halogenated alkanes) is 36. The third-order valence-electron chi connectivity index (χ3n) is 11.8. The molecular weight excluding hydrogens is 595 g/mol. The molecule has 294 valence electrons. The van der Waals surface area contributed by atoms with Gasteiger partial charge in [0.1, 0.15) is 0 Å². The standard InChI is InChI=1S/C47H95NO/c1-4-7-10-12-14-16-18-20-22-24-26-28-30-32-34-36-38-41-44-47(46(48)49,43-40-9-6-3)45-42-39-37-35-33-31-29-27-25-23-21-19-17-15-13-11-8-5-2/h4-45H2,1-3H3,(H2,48,49). The molecule has 0 aromatic rings. The molecular formula is C47H95NO. The van der Waals surface area contributed by atoms with Gasteiger partial charge in [-0.05, 0) is 19.3 Å². The van der Waals surface area contributed by atoms with Gasteiger partial charge in [0.15, 0.2) is 0 Å². The van der Waals surface area contributed by atoms with Crippen LogP contribution < -0.4 is 5.73 Å². The van der Waals surface area contributed by atoms with Crippen molar-refractivity contribution >= 4 is 5.91 Å². The highest BCUT2D eigenvalue weighted by molar-refractivity contribution is 5.80. The summed E-state index contributed by atoms with van der Waals surface area (Å²) in [5.74, 6) is 0.00236. The Morgan fingerprint density at radius 2 is 0.429 bits per heavy atom. The summed E-state index contributed by atoms with van der Waals surface area (Å²) in [5, 5.41) is 0. The lowest BCUT2D eigenvalue weighted by Crippen LogP contribution is -2.37. The van der Waals surface area contributed by atoms with Crippen LogP contribution in [0.15, 0.2) is 0 Å². The van der Waals surface area contributed by atoms with E-state index < -0.39 is 0 Å². The molecule has 2 heteroatoms. The first-order valence-corrected chi connectivity index (χ1v) is 23.4. The van der Waals surface area contributed by atoms with Gasteiger partial charge < -0.3 is 5.73 Å². The zero-order valence-corrected chi connectivity index (χ0v) is 34.7. The molecule has 0 spiro atoms. The van der Waals surface area contributed by atoms with Crippen LogP contribution in [0.2, 0.25) is 0 Å². The van der Waals surface area contributed by atoms with Crippen LogP contribution in [0.25, 0.3) is 0 Å². The van der Waals surface area contributed by atoms with Gasteiger partial charge in [0.05, 0.1) is 0 Å². The first kappa shape index (κ1) is 48.5. The van der Waals surface area contributed by atoms with Gasteiger partial charge in [0.25, 0.3) is 0 Å². The Kier molecular flexibility index (Phi) is 39.8. The minimum atomic E-state index is -0.237. The number of nitrogens with two attached hydrogens (primary N) is 1. The van der Waals surface area contributed by atoms with Crippen LogP contribution in [0.3, 0.4) is 0 Å². The van der Waals surface area contributed by atoms with E-state index in [1.54, 1.807) is 0 Å². The molecule has 2 N–H and O–H groups in total. The van der Waals surface area contributed by atoms with E-state index in [4.69, 9.17) is 5.73 Å². The van der Waals surface area contributed by atoms with E-state index in [-0.39, 0.29) is 11.3 Å². The molecule has 0 rings (SSSR count). The number of hydrogen-bond acceptors (Lipinski definition) is 1. The predicted molar refractivity (Wildman–Crippen MR) is 223 cm³/mol. The summed E-state index contributed by atoms with van der Waals surface area (Å²) >= 11 is 0. The third kappa shape index (κ3) is 34.3. The van der Waals surface area contributed by atoms with Gasteiger partial charge >= 0.3 is 0 Å². The molecule has 0 aliphatic carbocycles. The molecule has 0 fully saturated rings. The molecule has 0 saturated heterocycles. The van der Waals surface area contributed by atoms with Crippen molar-refractivity contribution in [2.24, 2.45) is 11.1 Å². The van der Waals surface area contributed by atoms with Crippen LogP contribution in [-0.2, 0) is 4.79 Å². The van der Waals surface area contributed by atoms with Crippen molar-refractivity contribution < 1.29 is 4.79 Å². The van der Waals surface area contributed by atoms with Crippen molar-refractivity contribution in [2.75, 3.05) is 0 Å². The van der Waals surface area contributed by atoms with E-state index in [2.05, 4.69) is 20.8 Å². The van der Waals surface area contributed by atoms with E-state index >= 15 is 0 Å². The number of carbonyl (C=O) groups excluding carboxylic acids is 1. The van der Waals surface area contributed by atoms with Gasteiger partial charge in [-0.3, -0.25) is 4.79 Å². The lowest BCUT2D eigenvalue weighted by molar-refractivity contribution is -0.129. The fourth-order valence-corrected chi connectivity index (χ4v) is 8.19. The van der Waals surface area contributed by atoms with Crippen LogP contribution in [-0.4, -0.2) is 5.91 Å². The highest BCUT2D eigenvalue weighted by atomic mass is 16.1. The van der Waals surface area contributed by atoms with E-state index in [0.717, 1.165) is 25.7 Å². The molecule has 0 aliphatic heterocycles. The van der Waals surface area contributed by atoms with Crippen LogP contribution in [0, 0.1) is 5.41 Å². The van der Waals surface area contributed by atoms with Gasteiger partial charge in [-0.15, -0.1) is 0 Å². The monoisotopic (exact) mass is 690 g/mol. The molecule has 0 radical (unpaired) electrons. The van der Waals surface area contributed by atoms with Gasteiger partial charge in [0, 0.05) is 5.41 Å². The second kappa shape index (κ2) is 40.2. The summed E-state index contributed by atoms with van der Waals surface area (Å²) in [6.07, 6.45) is 57.3. The Bertz CT molecular complexity index is 590. The summed E-state index contributed by atoms with van der Waals surface area (Å²) in [6.45, 7) is 6.87. The molecule has 0 aliphatic rings. The second-order valence-corrected chi connectivity index (χ2v) is 16.6. The molecule has 0 bridgehead atoms. The van der Waals surface area contributed by atoms with Crippen molar-refractivity contribution in [1.29, 1.82) is 0 Å². The third-order valence-corrected chi connectivity index (χ3v) is 11.8. The summed E-state index contributed by atoms with van der Waals surface area (Å²) in [5.41, 5.74) is 5.93. The molecule has 0 aromatic carbocycles. The maximum Gasteiger partial charge on any atom is 0.223 e. The molecule has 49 heavy (non-hydrogen) atoms. The summed E-state index contributed by atoms with van der Waals surface area (Å²) < 4.78 is 0. The van der Waals surface area contributed by atoms with E-state index in [1.807, 2.05) is 0 Å². The van der Waals surface area contributed by atoms with Crippen molar-refractivity contribution in [3.63, 3.8) is 0 Å². The molecule has 0 aromatic heterocycles. The molecule has 2 nitrogen and oxygen atoms in total. The number of rotatable bonds is 43. The average Bonchev–Trinajstić information content (AvgIpc) is 3.10. The Balaban J connectivity index is 3.87. The Morgan fingerprint density at radius 3 is 0.612 bits per heavy atom. The highest BCUT2D eigenvalue weighted by Crippen LogP contribution is 2.37. The van der Waals surface area contributed by atoms with Crippen molar-refractivity contribution in [1.82, 2.24) is 0 Å². The molecule has 0 saturated carbocycles. The fourth-order valence-electron chi connectivity index (χ4n) is 8.19. The van der Waals surface area contributed by atoms with Crippen molar-refractivity contribution in [3.8, 4) is 0 Å². The maximum atomic E-state index is 12.9. The number of hydrogen-bond donors (Lipinski definition) is 1.